The molecule has 0 saturated heterocycles. The number of hydrogen-bond acceptors (Lipinski definition) is 2. The summed E-state index contributed by atoms with van der Waals surface area (Å²) in [7, 11) is 0. The highest BCUT2D eigenvalue weighted by atomic mass is 32.1. The molecule has 0 unspecified atom stereocenters. The summed E-state index contributed by atoms with van der Waals surface area (Å²) >= 11 is 1.90. The van der Waals surface area contributed by atoms with Crippen molar-refractivity contribution in [1.82, 2.24) is 4.57 Å². The number of para-hydroxylation sites is 2. The van der Waals surface area contributed by atoms with Crippen molar-refractivity contribution in [3.8, 4) is 39.1 Å². The summed E-state index contributed by atoms with van der Waals surface area (Å²) in [4.78, 5) is 2.36. The Morgan fingerprint density at radius 1 is 0.333 bits per heavy atom. The van der Waals surface area contributed by atoms with Crippen LogP contribution in [-0.2, 0) is 0 Å². The van der Waals surface area contributed by atoms with Crippen LogP contribution in [0.4, 0.5) is 17.1 Å². The SMILES string of the molecule is c1ccc(-c2ccc(N(c3ccc(-c4cccc5ccccc45)cc3)c3ccc(-c4cccc5c4sc4c6ccccc6n(-c6ccccc6)c54)cc3)cc2)cc1. The molecule has 0 N–H and O–H groups in total. The lowest BCUT2D eigenvalue weighted by Gasteiger charge is -2.26. The summed E-state index contributed by atoms with van der Waals surface area (Å²) in [6.45, 7) is 0. The van der Waals surface area contributed by atoms with Gasteiger partial charge in [-0.05, 0) is 98.8 Å². The van der Waals surface area contributed by atoms with Crippen LogP contribution >= 0.6 is 11.3 Å². The van der Waals surface area contributed by atoms with Gasteiger partial charge in [0.05, 0.1) is 15.7 Å². The molecule has 0 saturated carbocycles. The minimum Gasteiger partial charge on any atom is -0.311 e. The van der Waals surface area contributed by atoms with E-state index < -0.39 is 0 Å². The monoisotopic (exact) mass is 744 g/mol. The highest BCUT2D eigenvalue weighted by Gasteiger charge is 2.20. The minimum absolute atomic E-state index is 1.11. The van der Waals surface area contributed by atoms with Gasteiger partial charge in [0.2, 0.25) is 0 Å². The van der Waals surface area contributed by atoms with E-state index in [1.807, 2.05) is 11.3 Å². The van der Waals surface area contributed by atoms with Crippen molar-refractivity contribution < 1.29 is 0 Å². The Labute approximate surface area is 335 Å². The first-order chi connectivity index (χ1) is 28.3. The van der Waals surface area contributed by atoms with E-state index in [2.05, 4.69) is 228 Å². The Kier molecular flexibility index (Phi) is 8.04. The van der Waals surface area contributed by atoms with E-state index >= 15 is 0 Å². The van der Waals surface area contributed by atoms with Crippen molar-refractivity contribution in [3.05, 3.63) is 218 Å². The molecular weight excluding hydrogens is 709 g/mol. The Hall–Kier alpha value is -7.20. The van der Waals surface area contributed by atoms with Gasteiger partial charge in [-0.1, -0.05) is 164 Å². The first kappa shape index (κ1) is 33.2. The molecule has 0 bridgehead atoms. The smallest absolute Gasteiger partial charge is 0.0727 e. The van der Waals surface area contributed by atoms with Crippen molar-refractivity contribution in [2.45, 2.75) is 0 Å². The molecule has 0 radical (unpaired) electrons. The van der Waals surface area contributed by atoms with Gasteiger partial charge in [0.25, 0.3) is 0 Å². The maximum absolute atomic E-state index is 2.43. The highest BCUT2D eigenvalue weighted by molar-refractivity contribution is 7.27. The predicted molar refractivity (Wildman–Crippen MR) is 245 cm³/mol. The summed E-state index contributed by atoms with van der Waals surface area (Å²) < 4.78 is 5.07. The number of aromatic nitrogens is 1. The molecule has 11 aromatic rings. The third kappa shape index (κ3) is 5.71. The zero-order chi connectivity index (χ0) is 37.7. The third-order valence-corrected chi connectivity index (χ3v) is 12.5. The van der Waals surface area contributed by atoms with E-state index in [4.69, 9.17) is 0 Å². The summed E-state index contributed by atoms with van der Waals surface area (Å²) in [5.74, 6) is 0. The van der Waals surface area contributed by atoms with Gasteiger partial charge in [0.15, 0.2) is 0 Å². The highest BCUT2D eigenvalue weighted by Crippen LogP contribution is 2.46. The second-order valence-corrected chi connectivity index (χ2v) is 15.5. The van der Waals surface area contributed by atoms with Crippen LogP contribution in [0.2, 0.25) is 0 Å². The van der Waals surface area contributed by atoms with Gasteiger partial charge in [0, 0.05) is 38.2 Å². The Bertz CT molecular complexity index is 3190. The van der Waals surface area contributed by atoms with Crippen LogP contribution in [0, 0.1) is 0 Å². The van der Waals surface area contributed by atoms with Crippen LogP contribution in [0.5, 0.6) is 0 Å². The molecule has 0 aliphatic rings. The summed E-state index contributed by atoms with van der Waals surface area (Å²) in [5, 5.41) is 5.09. The second-order valence-electron chi connectivity index (χ2n) is 14.5. The molecule has 2 aromatic heterocycles. The molecule has 57 heavy (non-hydrogen) atoms. The predicted octanol–water partition coefficient (Wildman–Crippen LogP) is 15.6. The van der Waals surface area contributed by atoms with Crippen molar-refractivity contribution in [2.24, 2.45) is 0 Å². The van der Waals surface area contributed by atoms with E-state index in [1.54, 1.807) is 0 Å². The summed E-state index contributed by atoms with van der Waals surface area (Å²) in [6.07, 6.45) is 0. The molecule has 9 aromatic carbocycles. The summed E-state index contributed by atoms with van der Waals surface area (Å²) in [6, 6.07) is 79.1. The fourth-order valence-electron chi connectivity index (χ4n) is 8.50. The van der Waals surface area contributed by atoms with Gasteiger partial charge in [-0.25, -0.2) is 0 Å². The van der Waals surface area contributed by atoms with Gasteiger partial charge in [-0.15, -0.1) is 11.3 Å². The summed E-state index contributed by atoms with van der Waals surface area (Å²) in [5.41, 5.74) is 14.3. The lowest BCUT2D eigenvalue weighted by Crippen LogP contribution is -2.09. The second kappa shape index (κ2) is 13.8. The molecule has 268 valence electrons. The topological polar surface area (TPSA) is 8.17 Å². The number of nitrogens with zero attached hydrogens (tertiary/aromatic N) is 2. The molecular formula is C54H36N2S. The van der Waals surface area contributed by atoms with Crippen molar-refractivity contribution in [1.29, 1.82) is 0 Å². The van der Waals surface area contributed by atoms with Crippen molar-refractivity contribution in [2.75, 3.05) is 4.90 Å². The maximum atomic E-state index is 2.43. The lowest BCUT2D eigenvalue weighted by atomic mass is 9.98. The maximum Gasteiger partial charge on any atom is 0.0727 e. The van der Waals surface area contributed by atoms with E-state index in [1.165, 1.54) is 81.0 Å². The number of thiophene rings is 1. The van der Waals surface area contributed by atoms with Crippen LogP contribution in [0.15, 0.2) is 218 Å². The third-order valence-electron chi connectivity index (χ3n) is 11.2. The average molecular weight is 745 g/mol. The Balaban J connectivity index is 1.01. The van der Waals surface area contributed by atoms with Gasteiger partial charge in [-0.2, -0.15) is 0 Å². The van der Waals surface area contributed by atoms with Crippen LogP contribution in [-0.4, -0.2) is 4.57 Å². The Morgan fingerprint density at radius 2 is 0.825 bits per heavy atom. The lowest BCUT2D eigenvalue weighted by molar-refractivity contribution is 1.19. The quantitative estimate of drug-likeness (QED) is 0.158. The zero-order valence-corrected chi connectivity index (χ0v) is 31.9. The largest absolute Gasteiger partial charge is 0.311 e. The first-order valence-corrected chi connectivity index (χ1v) is 20.2. The van der Waals surface area contributed by atoms with E-state index in [-0.39, 0.29) is 0 Å². The van der Waals surface area contributed by atoms with Crippen molar-refractivity contribution in [3.63, 3.8) is 0 Å². The molecule has 3 heteroatoms. The molecule has 0 atom stereocenters. The van der Waals surface area contributed by atoms with E-state index in [0.29, 0.717) is 0 Å². The number of fused-ring (bicyclic) bond motifs is 6. The number of hydrogen-bond donors (Lipinski definition) is 0. The zero-order valence-electron chi connectivity index (χ0n) is 31.1. The normalized spacial score (nSPS) is 11.5. The van der Waals surface area contributed by atoms with Crippen LogP contribution in [0.1, 0.15) is 0 Å². The Morgan fingerprint density at radius 3 is 1.53 bits per heavy atom. The van der Waals surface area contributed by atoms with Crippen LogP contribution in [0.25, 0.3) is 81.0 Å². The molecule has 11 rings (SSSR count). The average Bonchev–Trinajstić information content (AvgIpc) is 3.83. The van der Waals surface area contributed by atoms with Crippen molar-refractivity contribution >= 4 is 70.4 Å². The number of anilines is 3. The van der Waals surface area contributed by atoms with Gasteiger partial charge >= 0.3 is 0 Å². The van der Waals surface area contributed by atoms with Crippen LogP contribution in [0.3, 0.4) is 0 Å². The van der Waals surface area contributed by atoms with Crippen LogP contribution < -0.4 is 4.90 Å². The molecule has 2 nitrogen and oxygen atoms in total. The van der Waals surface area contributed by atoms with Gasteiger partial charge in [0.1, 0.15) is 0 Å². The van der Waals surface area contributed by atoms with Gasteiger partial charge in [-0.3, -0.25) is 0 Å². The van der Waals surface area contributed by atoms with E-state index in [0.717, 1.165) is 17.1 Å². The number of benzene rings is 9. The fourth-order valence-corrected chi connectivity index (χ4v) is 9.86. The van der Waals surface area contributed by atoms with E-state index in [9.17, 15) is 0 Å². The minimum atomic E-state index is 1.11. The molecule has 0 amide bonds. The number of rotatable bonds is 7. The fraction of sp³-hybridized carbons (Fsp3) is 0. The standard InChI is InChI=1S/C54H36N2S/c1-3-13-37(14-4-1)38-25-31-43(32-26-38)55(44-33-27-40(28-34-44)47-21-11-16-39-15-7-8-19-46(39)47)45-35-29-41(30-36-45)48-22-12-23-50-52-54(57-53(48)50)49-20-9-10-24-51(49)56(52)42-17-5-2-6-18-42/h1-36H. The molecule has 2 heterocycles. The molecule has 0 spiro atoms. The van der Waals surface area contributed by atoms with Gasteiger partial charge < -0.3 is 9.47 Å². The molecule has 0 aliphatic heterocycles. The first-order valence-electron chi connectivity index (χ1n) is 19.4. The molecule has 0 aliphatic carbocycles. The molecule has 0 fully saturated rings.